The highest BCUT2D eigenvalue weighted by atomic mass is 16.5. The first kappa shape index (κ1) is 19.9. The van der Waals surface area contributed by atoms with Gasteiger partial charge in [0.2, 0.25) is 5.91 Å². The van der Waals surface area contributed by atoms with Crippen molar-refractivity contribution in [1.82, 2.24) is 9.80 Å². The molecule has 1 aromatic carbocycles. The first-order valence-corrected chi connectivity index (χ1v) is 9.48. The number of carbonyl (C=O) groups excluding carboxylic acids is 1. The molecule has 0 saturated carbocycles. The number of rotatable bonds is 8. The van der Waals surface area contributed by atoms with Crippen molar-refractivity contribution >= 4 is 5.91 Å². The zero-order chi connectivity index (χ0) is 18.4. The normalized spacial score (nSPS) is 21.2. The van der Waals surface area contributed by atoms with Crippen LogP contribution in [0.4, 0.5) is 0 Å². The van der Waals surface area contributed by atoms with Gasteiger partial charge in [-0.15, -0.1) is 0 Å². The van der Waals surface area contributed by atoms with Crippen LogP contribution in [0.25, 0.3) is 0 Å². The van der Waals surface area contributed by atoms with Crippen molar-refractivity contribution in [2.45, 2.75) is 39.7 Å². The zero-order valence-corrected chi connectivity index (χ0v) is 16.4. The topological polar surface area (TPSA) is 32.8 Å². The van der Waals surface area contributed by atoms with Gasteiger partial charge in [-0.25, -0.2) is 0 Å². The highest BCUT2D eigenvalue weighted by Gasteiger charge is 2.36. The molecule has 1 saturated heterocycles. The Hall–Kier alpha value is -1.39. The molecule has 0 spiro atoms. The molecule has 25 heavy (non-hydrogen) atoms. The van der Waals surface area contributed by atoms with E-state index in [0.717, 1.165) is 26.2 Å². The van der Waals surface area contributed by atoms with Gasteiger partial charge in [-0.05, 0) is 31.2 Å². The zero-order valence-electron chi connectivity index (χ0n) is 16.4. The molecule has 0 radical (unpaired) electrons. The maximum atomic E-state index is 12.5. The van der Waals surface area contributed by atoms with E-state index in [9.17, 15) is 4.79 Å². The fraction of sp³-hybridized carbons (Fsp3) is 0.667. The van der Waals surface area contributed by atoms with E-state index in [4.69, 9.17) is 4.74 Å². The van der Waals surface area contributed by atoms with Gasteiger partial charge in [-0.3, -0.25) is 4.79 Å². The number of hydrogen-bond donors (Lipinski definition) is 0. The van der Waals surface area contributed by atoms with Crippen molar-refractivity contribution in [3.8, 4) is 0 Å². The lowest BCUT2D eigenvalue weighted by Crippen LogP contribution is -2.43. The lowest BCUT2D eigenvalue weighted by atomic mass is 9.88. The van der Waals surface area contributed by atoms with Crippen LogP contribution in [0.2, 0.25) is 0 Å². The van der Waals surface area contributed by atoms with Crippen LogP contribution in [0.1, 0.15) is 39.2 Å². The molecule has 0 N–H and O–H groups in total. The molecule has 1 fully saturated rings. The minimum absolute atomic E-state index is 0.0895. The van der Waals surface area contributed by atoms with Crippen LogP contribution in [0, 0.1) is 11.8 Å². The molecule has 2 atom stereocenters. The van der Waals surface area contributed by atoms with Crippen LogP contribution >= 0.6 is 0 Å². The van der Waals surface area contributed by atoms with Gasteiger partial charge in [0.1, 0.15) is 6.61 Å². The van der Waals surface area contributed by atoms with Crippen LogP contribution in [0.15, 0.2) is 30.3 Å². The fourth-order valence-corrected chi connectivity index (χ4v) is 3.95. The van der Waals surface area contributed by atoms with Gasteiger partial charge in [-0.2, -0.15) is 0 Å². The maximum Gasteiger partial charge on any atom is 0.248 e. The summed E-state index contributed by atoms with van der Waals surface area (Å²) in [6.45, 7) is 12.9. The Labute approximate surface area is 153 Å². The van der Waals surface area contributed by atoms with Gasteiger partial charge < -0.3 is 14.5 Å². The molecule has 4 heteroatoms. The predicted molar refractivity (Wildman–Crippen MR) is 103 cm³/mol. The smallest absolute Gasteiger partial charge is 0.248 e. The third-order valence-corrected chi connectivity index (χ3v) is 5.01. The van der Waals surface area contributed by atoms with Crippen LogP contribution in [0.5, 0.6) is 0 Å². The Balaban J connectivity index is 2.16. The van der Waals surface area contributed by atoms with Gasteiger partial charge in [0.15, 0.2) is 0 Å². The second kappa shape index (κ2) is 9.35. The molecule has 2 rings (SSSR count). The fourth-order valence-electron chi connectivity index (χ4n) is 3.95. The van der Waals surface area contributed by atoms with Crippen molar-refractivity contribution in [1.29, 1.82) is 0 Å². The largest absolute Gasteiger partial charge is 0.375 e. The molecule has 1 aromatic rings. The number of carbonyl (C=O) groups is 1. The Bertz CT molecular complexity index is 530. The Morgan fingerprint density at radius 2 is 1.88 bits per heavy atom. The number of benzene rings is 1. The van der Waals surface area contributed by atoms with Crippen molar-refractivity contribution in [2.75, 3.05) is 39.9 Å². The van der Waals surface area contributed by atoms with E-state index in [2.05, 4.69) is 62.9 Å². The summed E-state index contributed by atoms with van der Waals surface area (Å²) in [5.74, 6) is 1.69. The molecule has 1 heterocycles. The average Bonchev–Trinajstić information content (AvgIpc) is 2.95. The first-order valence-electron chi connectivity index (χ1n) is 9.48. The summed E-state index contributed by atoms with van der Waals surface area (Å²) in [7, 11) is 1.59. The van der Waals surface area contributed by atoms with Crippen LogP contribution in [-0.4, -0.2) is 61.6 Å². The summed E-state index contributed by atoms with van der Waals surface area (Å²) in [6.07, 6.45) is 0. The molecule has 2 unspecified atom stereocenters. The summed E-state index contributed by atoms with van der Waals surface area (Å²) in [6, 6.07) is 11.0. The summed E-state index contributed by atoms with van der Waals surface area (Å²) >= 11 is 0. The highest BCUT2D eigenvalue weighted by Crippen LogP contribution is 2.34. The molecule has 0 aromatic heterocycles. The van der Waals surface area contributed by atoms with Gasteiger partial charge in [0, 0.05) is 45.2 Å². The third-order valence-electron chi connectivity index (χ3n) is 5.01. The lowest BCUT2D eigenvalue weighted by molar-refractivity contribution is -0.137. The van der Waals surface area contributed by atoms with E-state index in [1.165, 1.54) is 5.56 Å². The molecule has 140 valence electrons. The summed E-state index contributed by atoms with van der Waals surface area (Å²) in [5.41, 5.74) is 1.39. The van der Waals surface area contributed by atoms with E-state index in [1.807, 2.05) is 4.90 Å². The summed E-state index contributed by atoms with van der Waals surface area (Å²) in [5, 5.41) is 0. The molecule has 0 bridgehead atoms. The first-order chi connectivity index (χ1) is 11.9. The predicted octanol–water partition coefficient (Wildman–Crippen LogP) is 3.24. The van der Waals surface area contributed by atoms with Crippen molar-refractivity contribution < 1.29 is 9.53 Å². The van der Waals surface area contributed by atoms with Crippen molar-refractivity contribution in [2.24, 2.45) is 11.8 Å². The standard InChI is InChI=1S/C21H34N2O2/c1-16(2)11-22-12-19(13-23(17(3)4)21(24)15-25-5)20(14-22)18-9-7-6-8-10-18/h6-10,16-17,19-20H,11-15H2,1-5H3. The molecule has 1 aliphatic heterocycles. The minimum Gasteiger partial charge on any atom is -0.375 e. The lowest BCUT2D eigenvalue weighted by Gasteiger charge is -2.31. The average molecular weight is 347 g/mol. The number of ether oxygens (including phenoxy) is 1. The van der Waals surface area contributed by atoms with E-state index >= 15 is 0 Å². The number of nitrogens with zero attached hydrogens (tertiary/aromatic N) is 2. The number of methoxy groups -OCH3 is 1. The minimum atomic E-state index is 0.0895. The van der Waals surface area contributed by atoms with Gasteiger partial charge in [0.25, 0.3) is 0 Å². The molecule has 1 amide bonds. The summed E-state index contributed by atoms with van der Waals surface area (Å²) < 4.78 is 5.08. The van der Waals surface area contributed by atoms with Gasteiger partial charge in [0.05, 0.1) is 0 Å². The SMILES string of the molecule is COCC(=O)N(CC1CN(CC(C)C)CC1c1ccccc1)C(C)C. The Morgan fingerprint density at radius 3 is 2.44 bits per heavy atom. The second-order valence-electron chi connectivity index (χ2n) is 7.96. The Kier molecular flexibility index (Phi) is 7.45. The second-order valence-corrected chi connectivity index (χ2v) is 7.96. The van der Waals surface area contributed by atoms with Crippen LogP contribution in [-0.2, 0) is 9.53 Å². The highest BCUT2D eigenvalue weighted by molar-refractivity contribution is 5.77. The maximum absolute atomic E-state index is 12.5. The number of hydrogen-bond acceptors (Lipinski definition) is 3. The third kappa shape index (κ3) is 5.55. The quantitative estimate of drug-likeness (QED) is 0.724. The molecule has 1 aliphatic rings. The van der Waals surface area contributed by atoms with Gasteiger partial charge in [-0.1, -0.05) is 44.2 Å². The Morgan fingerprint density at radius 1 is 1.20 bits per heavy atom. The molecular weight excluding hydrogens is 312 g/mol. The van der Waals surface area contributed by atoms with Crippen LogP contribution < -0.4 is 0 Å². The van der Waals surface area contributed by atoms with Crippen LogP contribution in [0.3, 0.4) is 0 Å². The van der Waals surface area contributed by atoms with Crippen molar-refractivity contribution in [3.63, 3.8) is 0 Å². The van der Waals surface area contributed by atoms with E-state index in [-0.39, 0.29) is 18.6 Å². The van der Waals surface area contributed by atoms with Gasteiger partial charge >= 0.3 is 0 Å². The van der Waals surface area contributed by atoms with E-state index in [1.54, 1.807) is 7.11 Å². The monoisotopic (exact) mass is 346 g/mol. The summed E-state index contributed by atoms with van der Waals surface area (Å²) in [4.78, 5) is 17.0. The molecule has 0 aliphatic carbocycles. The molecular formula is C21H34N2O2. The van der Waals surface area contributed by atoms with E-state index < -0.39 is 0 Å². The van der Waals surface area contributed by atoms with E-state index in [0.29, 0.717) is 17.8 Å². The number of likely N-dealkylation sites (tertiary alicyclic amines) is 1. The van der Waals surface area contributed by atoms with Crippen molar-refractivity contribution in [3.05, 3.63) is 35.9 Å². The number of amides is 1. The molecule has 4 nitrogen and oxygen atoms in total.